The third-order valence-electron chi connectivity index (χ3n) is 2.51. The number of nitro groups is 1. The van der Waals surface area contributed by atoms with Crippen molar-refractivity contribution in [3.05, 3.63) is 32.8 Å². The van der Waals surface area contributed by atoms with Gasteiger partial charge in [-0.05, 0) is 28.4 Å². The molecule has 0 unspecified atom stereocenters. The van der Waals surface area contributed by atoms with E-state index in [0.717, 1.165) is 6.42 Å². The van der Waals surface area contributed by atoms with Gasteiger partial charge in [0.15, 0.2) is 0 Å². The Morgan fingerprint density at radius 3 is 2.69 bits per heavy atom. The summed E-state index contributed by atoms with van der Waals surface area (Å²) >= 11 is 3.25. The standard InChI is InChI=1S/C10H9BrN2O3/c11-8-6-7(13(15)16)3-4-9(8)12-5-1-2-10(12)14/h3-4,6H,1-2,5H2. The van der Waals surface area contributed by atoms with Crippen molar-refractivity contribution in [2.45, 2.75) is 12.8 Å². The van der Waals surface area contributed by atoms with Crippen molar-refractivity contribution < 1.29 is 9.72 Å². The summed E-state index contributed by atoms with van der Waals surface area (Å²) in [7, 11) is 0. The molecule has 0 radical (unpaired) electrons. The molecule has 0 N–H and O–H groups in total. The first-order valence-electron chi connectivity index (χ1n) is 4.84. The van der Waals surface area contributed by atoms with Crippen LogP contribution in [0.25, 0.3) is 0 Å². The lowest BCUT2D eigenvalue weighted by molar-refractivity contribution is -0.384. The minimum atomic E-state index is -0.458. The van der Waals surface area contributed by atoms with Crippen LogP contribution < -0.4 is 4.90 Å². The van der Waals surface area contributed by atoms with Gasteiger partial charge in [-0.2, -0.15) is 0 Å². The zero-order chi connectivity index (χ0) is 11.7. The summed E-state index contributed by atoms with van der Waals surface area (Å²) in [6.07, 6.45) is 1.38. The molecular formula is C10H9BrN2O3. The molecule has 1 aromatic carbocycles. The highest BCUT2D eigenvalue weighted by atomic mass is 79.9. The fourth-order valence-corrected chi connectivity index (χ4v) is 2.31. The Bertz CT molecular complexity index is 461. The normalized spacial score (nSPS) is 15.6. The van der Waals surface area contributed by atoms with Crippen LogP contribution in [0, 0.1) is 10.1 Å². The molecule has 1 saturated heterocycles. The monoisotopic (exact) mass is 284 g/mol. The van der Waals surface area contributed by atoms with E-state index in [9.17, 15) is 14.9 Å². The van der Waals surface area contributed by atoms with Crippen LogP contribution in [0.4, 0.5) is 11.4 Å². The van der Waals surface area contributed by atoms with E-state index in [2.05, 4.69) is 15.9 Å². The molecule has 1 amide bonds. The molecule has 0 atom stereocenters. The van der Waals surface area contributed by atoms with Crippen molar-refractivity contribution in [3.63, 3.8) is 0 Å². The van der Waals surface area contributed by atoms with Crippen LogP contribution in [0.5, 0.6) is 0 Å². The third-order valence-corrected chi connectivity index (χ3v) is 3.14. The van der Waals surface area contributed by atoms with Crippen LogP contribution in [-0.2, 0) is 4.79 Å². The lowest BCUT2D eigenvalue weighted by Gasteiger charge is -2.16. The number of nitrogens with zero attached hydrogens (tertiary/aromatic N) is 2. The van der Waals surface area contributed by atoms with Crippen molar-refractivity contribution >= 4 is 33.2 Å². The van der Waals surface area contributed by atoms with Crippen molar-refractivity contribution in [2.75, 3.05) is 11.4 Å². The zero-order valence-electron chi connectivity index (χ0n) is 8.35. The van der Waals surface area contributed by atoms with Gasteiger partial charge in [0.2, 0.25) is 5.91 Å². The van der Waals surface area contributed by atoms with Crippen molar-refractivity contribution in [1.29, 1.82) is 0 Å². The fraction of sp³-hybridized carbons (Fsp3) is 0.300. The van der Waals surface area contributed by atoms with Crippen LogP contribution in [0.15, 0.2) is 22.7 Å². The zero-order valence-corrected chi connectivity index (χ0v) is 9.94. The Morgan fingerprint density at radius 2 is 2.19 bits per heavy atom. The van der Waals surface area contributed by atoms with E-state index in [-0.39, 0.29) is 11.6 Å². The molecule has 6 heteroatoms. The summed E-state index contributed by atoms with van der Waals surface area (Å²) < 4.78 is 0.581. The number of benzene rings is 1. The number of anilines is 1. The largest absolute Gasteiger partial charge is 0.311 e. The average molecular weight is 285 g/mol. The minimum absolute atomic E-state index is 0.0160. The number of non-ortho nitro benzene ring substituents is 1. The van der Waals surface area contributed by atoms with Gasteiger partial charge in [-0.25, -0.2) is 0 Å². The molecule has 1 aliphatic heterocycles. The van der Waals surface area contributed by atoms with Gasteiger partial charge in [-0.1, -0.05) is 0 Å². The van der Waals surface area contributed by atoms with Crippen molar-refractivity contribution in [3.8, 4) is 0 Å². The van der Waals surface area contributed by atoms with Crippen LogP contribution in [-0.4, -0.2) is 17.4 Å². The Morgan fingerprint density at radius 1 is 1.44 bits per heavy atom. The van der Waals surface area contributed by atoms with Gasteiger partial charge in [-0.3, -0.25) is 14.9 Å². The van der Waals surface area contributed by atoms with Gasteiger partial charge in [0.25, 0.3) is 5.69 Å². The minimum Gasteiger partial charge on any atom is -0.311 e. The van der Waals surface area contributed by atoms with Crippen LogP contribution in [0.1, 0.15) is 12.8 Å². The van der Waals surface area contributed by atoms with Gasteiger partial charge < -0.3 is 4.90 Å². The second-order valence-electron chi connectivity index (χ2n) is 3.54. The van der Waals surface area contributed by atoms with Gasteiger partial charge >= 0.3 is 0 Å². The number of carbonyl (C=O) groups excluding carboxylic acids is 1. The predicted molar refractivity (Wildman–Crippen MR) is 62.4 cm³/mol. The Hall–Kier alpha value is -1.43. The molecule has 0 bridgehead atoms. The summed E-state index contributed by atoms with van der Waals surface area (Å²) in [4.78, 5) is 23.3. The average Bonchev–Trinajstić information content (AvgIpc) is 2.64. The first kappa shape index (κ1) is 11.1. The number of amides is 1. The molecule has 5 nitrogen and oxygen atoms in total. The van der Waals surface area contributed by atoms with Crippen LogP contribution >= 0.6 is 15.9 Å². The van der Waals surface area contributed by atoms with Crippen LogP contribution in [0.3, 0.4) is 0 Å². The molecule has 1 aliphatic rings. The van der Waals surface area contributed by atoms with E-state index in [4.69, 9.17) is 0 Å². The third kappa shape index (κ3) is 1.92. The SMILES string of the molecule is O=C1CCCN1c1ccc([N+](=O)[O-])cc1Br. The van der Waals surface area contributed by atoms with E-state index in [1.165, 1.54) is 12.1 Å². The molecule has 0 saturated carbocycles. The highest BCUT2D eigenvalue weighted by Crippen LogP contribution is 2.32. The predicted octanol–water partition coefficient (Wildman–Crippen LogP) is 2.48. The first-order chi connectivity index (χ1) is 7.59. The van der Waals surface area contributed by atoms with Crippen molar-refractivity contribution in [1.82, 2.24) is 0 Å². The smallest absolute Gasteiger partial charge is 0.270 e. The second-order valence-corrected chi connectivity index (χ2v) is 4.40. The van der Waals surface area contributed by atoms with Gasteiger partial charge in [-0.15, -0.1) is 0 Å². The number of halogens is 1. The molecule has 0 aromatic heterocycles. The summed E-state index contributed by atoms with van der Waals surface area (Å²) in [5, 5.41) is 10.6. The van der Waals surface area contributed by atoms with Gasteiger partial charge in [0, 0.05) is 29.6 Å². The Balaban J connectivity index is 2.36. The maximum absolute atomic E-state index is 11.5. The highest BCUT2D eigenvalue weighted by Gasteiger charge is 2.24. The van der Waals surface area contributed by atoms with E-state index < -0.39 is 4.92 Å². The quantitative estimate of drug-likeness (QED) is 0.619. The molecule has 2 rings (SSSR count). The summed E-state index contributed by atoms with van der Waals surface area (Å²) in [5.74, 6) is 0.0644. The lowest BCUT2D eigenvalue weighted by Crippen LogP contribution is -2.23. The number of hydrogen-bond acceptors (Lipinski definition) is 3. The molecular weight excluding hydrogens is 276 g/mol. The van der Waals surface area contributed by atoms with E-state index in [1.54, 1.807) is 11.0 Å². The van der Waals surface area contributed by atoms with Crippen LogP contribution in [0.2, 0.25) is 0 Å². The van der Waals surface area contributed by atoms with Crippen molar-refractivity contribution in [2.24, 2.45) is 0 Å². The molecule has 1 fully saturated rings. The Labute approximate surface area is 100 Å². The fourth-order valence-electron chi connectivity index (χ4n) is 1.73. The van der Waals surface area contributed by atoms with E-state index in [1.807, 2.05) is 0 Å². The van der Waals surface area contributed by atoms with Gasteiger partial charge in [0.05, 0.1) is 10.6 Å². The highest BCUT2D eigenvalue weighted by molar-refractivity contribution is 9.10. The van der Waals surface area contributed by atoms with Gasteiger partial charge in [0.1, 0.15) is 0 Å². The maximum atomic E-state index is 11.5. The van der Waals surface area contributed by atoms with E-state index >= 15 is 0 Å². The molecule has 0 aliphatic carbocycles. The second kappa shape index (κ2) is 4.21. The molecule has 0 spiro atoms. The number of nitro benzene ring substituents is 1. The number of hydrogen-bond donors (Lipinski definition) is 0. The molecule has 16 heavy (non-hydrogen) atoms. The lowest BCUT2D eigenvalue weighted by atomic mass is 10.2. The molecule has 1 aromatic rings. The number of rotatable bonds is 2. The first-order valence-corrected chi connectivity index (χ1v) is 5.63. The maximum Gasteiger partial charge on any atom is 0.270 e. The summed E-state index contributed by atoms with van der Waals surface area (Å²) in [6.45, 7) is 0.676. The topological polar surface area (TPSA) is 63.5 Å². The summed E-state index contributed by atoms with van der Waals surface area (Å²) in [5.41, 5.74) is 0.718. The summed E-state index contributed by atoms with van der Waals surface area (Å²) in [6, 6.07) is 4.43. The number of carbonyl (C=O) groups is 1. The van der Waals surface area contributed by atoms with E-state index in [0.29, 0.717) is 23.1 Å². The molecule has 1 heterocycles. The molecule has 84 valence electrons. The Kier molecular flexibility index (Phi) is 2.91.